The molecule has 18 heavy (non-hydrogen) atoms. The number of benzene rings is 1. The monoisotopic (exact) mass is 379 g/mol. The SMILES string of the molecule is Nc1ccc(C(=O)OCCOC(=O)C(Br)Br)cc1. The lowest BCUT2D eigenvalue weighted by molar-refractivity contribution is -0.142. The van der Waals surface area contributed by atoms with Crippen LogP contribution in [0.3, 0.4) is 0 Å². The molecule has 5 nitrogen and oxygen atoms in total. The van der Waals surface area contributed by atoms with E-state index in [2.05, 4.69) is 31.9 Å². The molecule has 0 bridgehead atoms. The van der Waals surface area contributed by atoms with Crippen molar-refractivity contribution in [1.29, 1.82) is 0 Å². The molecule has 0 fully saturated rings. The molecular formula is C11H11Br2NO4. The number of halogens is 2. The lowest BCUT2D eigenvalue weighted by atomic mass is 10.2. The molecule has 0 unspecified atom stereocenters. The molecule has 0 heterocycles. The Morgan fingerprint density at radius 1 is 1.11 bits per heavy atom. The molecule has 1 rings (SSSR count). The van der Waals surface area contributed by atoms with Gasteiger partial charge in [0, 0.05) is 5.69 Å². The molecule has 1 aromatic carbocycles. The first-order valence-electron chi connectivity index (χ1n) is 4.98. The van der Waals surface area contributed by atoms with E-state index in [0.29, 0.717) is 11.3 Å². The first kappa shape index (κ1) is 15.0. The minimum absolute atomic E-state index is 0.00166. The van der Waals surface area contributed by atoms with Gasteiger partial charge < -0.3 is 15.2 Å². The molecule has 0 saturated carbocycles. The van der Waals surface area contributed by atoms with Crippen LogP contribution in [0.5, 0.6) is 0 Å². The Balaban J connectivity index is 2.29. The number of esters is 2. The third-order valence-corrected chi connectivity index (χ3v) is 2.63. The fourth-order valence-corrected chi connectivity index (χ4v) is 1.31. The lowest BCUT2D eigenvalue weighted by Crippen LogP contribution is -2.17. The average molecular weight is 381 g/mol. The molecule has 7 heteroatoms. The molecule has 98 valence electrons. The zero-order chi connectivity index (χ0) is 13.5. The average Bonchev–Trinajstić information content (AvgIpc) is 2.34. The highest BCUT2D eigenvalue weighted by Crippen LogP contribution is 2.09. The second-order valence-electron chi connectivity index (χ2n) is 3.23. The number of anilines is 1. The number of carbonyl (C=O) groups excluding carboxylic acids is 2. The molecule has 0 saturated heterocycles. The predicted octanol–water partition coefficient (Wildman–Crippen LogP) is 2.08. The summed E-state index contributed by atoms with van der Waals surface area (Å²) in [6, 6.07) is 6.35. The van der Waals surface area contributed by atoms with Gasteiger partial charge in [-0.25, -0.2) is 9.59 Å². The molecule has 1 aromatic rings. The van der Waals surface area contributed by atoms with Gasteiger partial charge in [0.05, 0.1) is 5.56 Å². The van der Waals surface area contributed by atoms with E-state index in [-0.39, 0.29) is 13.2 Å². The summed E-state index contributed by atoms with van der Waals surface area (Å²) in [4.78, 5) is 22.5. The van der Waals surface area contributed by atoms with Crippen LogP contribution in [0.1, 0.15) is 10.4 Å². The summed E-state index contributed by atoms with van der Waals surface area (Å²) in [5.74, 6) is -0.959. The number of alkyl halides is 2. The standard InChI is InChI=1S/C11H11Br2NO4/c12-9(13)11(16)18-6-5-17-10(15)7-1-3-8(14)4-2-7/h1-4,9H,5-6,14H2. The Bertz CT molecular complexity index is 420. The summed E-state index contributed by atoms with van der Waals surface area (Å²) < 4.78 is 9.13. The highest BCUT2D eigenvalue weighted by Gasteiger charge is 2.12. The van der Waals surface area contributed by atoms with Crippen LogP contribution >= 0.6 is 31.9 Å². The maximum absolute atomic E-state index is 11.5. The fourth-order valence-electron chi connectivity index (χ4n) is 1.04. The van der Waals surface area contributed by atoms with Gasteiger partial charge in [-0.05, 0) is 24.3 Å². The first-order valence-corrected chi connectivity index (χ1v) is 6.81. The van der Waals surface area contributed by atoms with Crippen molar-refractivity contribution in [2.24, 2.45) is 0 Å². The van der Waals surface area contributed by atoms with Crippen molar-refractivity contribution >= 4 is 49.5 Å². The third kappa shape index (κ3) is 5.05. The van der Waals surface area contributed by atoms with Crippen LogP contribution in [0.2, 0.25) is 0 Å². The van der Waals surface area contributed by atoms with Crippen LogP contribution in [0.15, 0.2) is 24.3 Å². The van der Waals surface area contributed by atoms with Crippen molar-refractivity contribution in [3.63, 3.8) is 0 Å². The smallest absolute Gasteiger partial charge is 0.338 e. The minimum Gasteiger partial charge on any atom is -0.461 e. The van der Waals surface area contributed by atoms with Crippen LogP contribution in [-0.2, 0) is 14.3 Å². The van der Waals surface area contributed by atoms with E-state index in [1.165, 1.54) is 0 Å². The van der Waals surface area contributed by atoms with Gasteiger partial charge >= 0.3 is 11.9 Å². The quantitative estimate of drug-likeness (QED) is 0.366. The predicted molar refractivity (Wildman–Crippen MR) is 73.7 cm³/mol. The number of carbonyl (C=O) groups is 2. The van der Waals surface area contributed by atoms with Gasteiger partial charge in [0.2, 0.25) is 0 Å². The number of hydrogen-bond acceptors (Lipinski definition) is 5. The van der Waals surface area contributed by atoms with E-state index in [1.54, 1.807) is 24.3 Å². The Kier molecular flexibility index (Phi) is 6.14. The lowest BCUT2D eigenvalue weighted by Gasteiger charge is -2.07. The number of ether oxygens (including phenoxy) is 2. The molecule has 0 aliphatic heterocycles. The van der Waals surface area contributed by atoms with E-state index in [9.17, 15) is 9.59 Å². The highest BCUT2D eigenvalue weighted by molar-refractivity contribution is 9.25. The van der Waals surface area contributed by atoms with E-state index in [0.717, 1.165) is 0 Å². The van der Waals surface area contributed by atoms with Crippen molar-refractivity contribution in [1.82, 2.24) is 0 Å². The van der Waals surface area contributed by atoms with Gasteiger partial charge in [0.15, 0.2) is 3.74 Å². The Labute approximate surface area is 121 Å². The third-order valence-electron chi connectivity index (χ3n) is 1.89. The summed E-state index contributed by atoms with van der Waals surface area (Å²) in [5.41, 5.74) is 6.46. The van der Waals surface area contributed by atoms with Crippen LogP contribution in [-0.4, -0.2) is 28.9 Å². The molecule has 0 atom stereocenters. The zero-order valence-electron chi connectivity index (χ0n) is 9.27. The number of nitrogen functional groups attached to an aromatic ring is 1. The van der Waals surface area contributed by atoms with Crippen LogP contribution in [0.25, 0.3) is 0 Å². The minimum atomic E-state index is -0.558. The highest BCUT2D eigenvalue weighted by atomic mass is 79.9. The molecule has 0 radical (unpaired) electrons. The largest absolute Gasteiger partial charge is 0.461 e. The molecule has 2 N–H and O–H groups in total. The van der Waals surface area contributed by atoms with Crippen molar-refractivity contribution in [3.8, 4) is 0 Å². The Hall–Kier alpha value is -1.08. The number of rotatable bonds is 5. The first-order chi connectivity index (χ1) is 8.50. The van der Waals surface area contributed by atoms with Crippen LogP contribution in [0, 0.1) is 0 Å². The van der Waals surface area contributed by atoms with Crippen molar-refractivity contribution in [2.45, 2.75) is 3.74 Å². The summed E-state index contributed by atoms with van der Waals surface area (Å²) in [6.45, 7) is 0.00884. The van der Waals surface area contributed by atoms with Gasteiger partial charge in [-0.3, -0.25) is 0 Å². The van der Waals surface area contributed by atoms with E-state index in [4.69, 9.17) is 15.2 Å². The Morgan fingerprint density at radius 2 is 1.67 bits per heavy atom. The molecule has 0 aliphatic rings. The molecule has 0 spiro atoms. The molecule has 0 aliphatic carbocycles. The summed E-state index contributed by atoms with van der Waals surface area (Å²) in [5, 5.41) is 0. The maximum Gasteiger partial charge on any atom is 0.338 e. The van der Waals surface area contributed by atoms with E-state index >= 15 is 0 Å². The van der Waals surface area contributed by atoms with Crippen molar-refractivity contribution < 1.29 is 19.1 Å². The van der Waals surface area contributed by atoms with Crippen molar-refractivity contribution in [2.75, 3.05) is 18.9 Å². The van der Waals surface area contributed by atoms with Crippen molar-refractivity contribution in [3.05, 3.63) is 29.8 Å². The Morgan fingerprint density at radius 3 is 2.22 bits per heavy atom. The number of nitrogens with two attached hydrogens (primary N) is 1. The second-order valence-corrected chi connectivity index (χ2v) is 6.29. The van der Waals surface area contributed by atoms with Gasteiger partial charge in [0.1, 0.15) is 13.2 Å². The topological polar surface area (TPSA) is 78.6 Å². The second kappa shape index (κ2) is 7.38. The zero-order valence-corrected chi connectivity index (χ0v) is 12.4. The maximum atomic E-state index is 11.5. The summed E-state index contributed by atoms with van der Waals surface area (Å²) in [6.07, 6.45) is 0. The van der Waals surface area contributed by atoms with Gasteiger partial charge in [-0.1, -0.05) is 31.9 Å². The van der Waals surface area contributed by atoms with Gasteiger partial charge in [-0.15, -0.1) is 0 Å². The van der Waals surface area contributed by atoms with Crippen LogP contribution < -0.4 is 5.73 Å². The van der Waals surface area contributed by atoms with Gasteiger partial charge in [0.25, 0.3) is 0 Å². The summed E-state index contributed by atoms with van der Waals surface area (Å²) in [7, 11) is 0. The molecule has 0 aromatic heterocycles. The van der Waals surface area contributed by atoms with Crippen LogP contribution in [0.4, 0.5) is 5.69 Å². The van der Waals surface area contributed by atoms with Gasteiger partial charge in [-0.2, -0.15) is 0 Å². The van der Waals surface area contributed by atoms with E-state index in [1.807, 2.05) is 0 Å². The summed E-state index contributed by atoms with van der Waals surface area (Å²) >= 11 is 5.97. The van der Waals surface area contributed by atoms with E-state index < -0.39 is 15.7 Å². The normalized spacial score (nSPS) is 10.2. The molecule has 0 amide bonds. The fraction of sp³-hybridized carbons (Fsp3) is 0.273. The molecular weight excluding hydrogens is 370 g/mol. The number of hydrogen-bond donors (Lipinski definition) is 1.